The Morgan fingerprint density at radius 2 is 1.95 bits per heavy atom. The van der Waals surface area contributed by atoms with Crippen LogP contribution < -0.4 is 4.72 Å². The molecule has 0 aliphatic rings. The number of hydrogen-bond donors (Lipinski definition) is 1. The number of nitrogens with one attached hydrogen (secondary N) is 1. The van der Waals surface area contributed by atoms with Crippen LogP contribution in [0.3, 0.4) is 0 Å². The number of benzene rings is 1. The maximum Gasteiger partial charge on any atom is 0.136 e. The smallest absolute Gasteiger partial charge is 0.136 e. The van der Waals surface area contributed by atoms with E-state index in [1.54, 1.807) is 17.4 Å². The summed E-state index contributed by atoms with van der Waals surface area (Å²) in [6, 6.07) is 8.89. The summed E-state index contributed by atoms with van der Waals surface area (Å²) >= 11 is 0.439. The largest absolute Gasteiger partial charge is 0.598 e. The van der Waals surface area contributed by atoms with E-state index in [2.05, 4.69) is 11.6 Å². The zero-order chi connectivity index (χ0) is 16.5. The molecule has 0 bridgehead atoms. The molecule has 0 saturated carbocycles. The lowest BCUT2D eigenvalue weighted by atomic mass is 10.1. The molecule has 0 spiro atoms. The second-order valence-corrected chi connectivity index (χ2v) is 9.30. The van der Waals surface area contributed by atoms with Crippen LogP contribution in [0.25, 0.3) is 10.4 Å². The highest BCUT2D eigenvalue weighted by Crippen LogP contribution is 2.34. The second-order valence-electron chi connectivity index (χ2n) is 6.19. The van der Waals surface area contributed by atoms with Crippen molar-refractivity contribution >= 4 is 22.7 Å². The fraction of sp³-hybridized carbons (Fsp3) is 0.353. The van der Waals surface area contributed by atoms with E-state index in [1.807, 2.05) is 45.9 Å². The normalized spacial score (nSPS) is 14.9. The van der Waals surface area contributed by atoms with Gasteiger partial charge in [0.1, 0.15) is 10.6 Å². The molecule has 2 rings (SSSR count). The van der Waals surface area contributed by atoms with E-state index in [4.69, 9.17) is 0 Å². The molecular weight excluding hydrogens is 317 g/mol. The molecule has 1 radical (unpaired) electrons. The molecule has 1 aromatic carbocycles. The molecule has 0 amide bonds. The Bertz CT molecular complexity index is 648. The number of thiophene rings is 1. The maximum atomic E-state index is 13.6. The van der Waals surface area contributed by atoms with Crippen LogP contribution in [0.4, 0.5) is 4.39 Å². The molecule has 1 aromatic heterocycles. The van der Waals surface area contributed by atoms with Gasteiger partial charge < -0.3 is 4.55 Å². The molecule has 0 aliphatic carbocycles. The van der Waals surface area contributed by atoms with Gasteiger partial charge in [0.2, 0.25) is 0 Å². The first-order valence-corrected chi connectivity index (χ1v) is 9.05. The third-order valence-electron chi connectivity index (χ3n) is 3.28. The fourth-order valence-electron chi connectivity index (χ4n) is 1.92. The standard InChI is InChI=1S/C17H21FNOS2/c1-11-13(7-6-8-14(11)18)16-10-9-15(21-16)12(2)19-22(20)17(3,4)5/h6-10,12,19H,1H2,2-5H3/t12-,22?/m1/s1. The van der Waals surface area contributed by atoms with Crippen LogP contribution in [-0.2, 0) is 11.4 Å². The van der Waals surface area contributed by atoms with Gasteiger partial charge in [-0.25, -0.2) is 4.39 Å². The summed E-state index contributed by atoms with van der Waals surface area (Å²) in [5, 5.41) is 0. The molecule has 1 unspecified atom stereocenters. The molecule has 1 N–H and O–H groups in total. The Balaban J connectivity index is 2.19. The Morgan fingerprint density at radius 3 is 2.59 bits per heavy atom. The molecule has 2 nitrogen and oxygen atoms in total. The topological polar surface area (TPSA) is 35.1 Å². The van der Waals surface area contributed by atoms with E-state index in [1.165, 1.54) is 6.07 Å². The van der Waals surface area contributed by atoms with Crippen LogP contribution in [0.2, 0.25) is 0 Å². The monoisotopic (exact) mass is 338 g/mol. The van der Waals surface area contributed by atoms with E-state index < -0.39 is 11.4 Å². The van der Waals surface area contributed by atoms with Gasteiger partial charge in [-0.1, -0.05) is 12.1 Å². The average Bonchev–Trinajstić information content (AvgIpc) is 2.90. The molecule has 1 heterocycles. The number of hydrogen-bond acceptors (Lipinski definition) is 3. The minimum atomic E-state index is -1.13. The Labute approximate surface area is 139 Å². The number of rotatable bonds is 4. The summed E-state index contributed by atoms with van der Waals surface area (Å²) in [5.74, 6) is -0.299. The van der Waals surface area contributed by atoms with Gasteiger partial charge in [0, 0.05) is 21.1 Å². The summed E-state index contributed by atoms with van der Waals surface area (Å²) in [7, 11) is 0. The molecule has 5 heteroatoms. The maximum absolute atomic E-state index is 13.6. The Morgan fingerprint density at radius 1 is 1.27 bits per heavy atom. The average molecular weight is 338 g/mol. The van der Waals surface area contributed by atoms with Gasteiger partial charge in [0.05, 0.1) is 6.04 Å². The van der Waals surface area contributed by atoms with E-state index in [9.17, 15) is 8.94 Å². The van der Waals surface area contributed by atoms with Crippen molar-refractivity contribution in [1.82, 2.24) is 4.72 Å². The molecule has 119 valence electrons. The van der Waals surface area contributed by atoms with Gasteiger partial charge in [0.25, 0.3) is 0 Å². The summed E-state index contributed by atoms with van der Waals surface area (Å²) in [6.45, 7) is 11.6. The summed E-state index contributed by atoms with van der Waals surface area (Å²) in [6.07, 6.45) is 0. The van der Waals surface area contributed by atoms with Gasteiger partial charge in [-0.15, -0.1) is 16.1 Å². The van der Waals surface area contributed by atoms with Crippen molar-refractivity contribution in [3.8, 4) is 10.4 Å². The first kappa shape index (κ1) is 17.5. The van der Waals surface area contributed by atoms with E-state index >= 15 is 0 Å². The van der Waals surface area contributed by atoms with Gasteiger partial charge in [-0.3, -0.25) is 0 Å². The minimum Gasteiger partial charge on any atom is -0.598 e. The lowest BCUT2D eigenvalue weighted by molar-refractivity contribution is 0.532. The van der Waals surface area contributed by atoms with Crippen molar-refractivity contribution in [2.24, 2.45) is 0 Å². The first-order chi connectivity index (χ1) is 10.2. The first-order valence-electron chi connectivity index (χ1n) is 7.09. The highest BCUT2D eigenvalue weighted by Gasteiger charge is 2.28. The lowest BCUT2D eigenvalue weighted by Gasteiger charge is -2.26. The third kappa shape index (κ3) is 3.90. The van der Waals surface area contributed by atoms with E-state index in [-0.39, 0.29) is 16.6 Å². The van der Waals surface area contributed by atoms with Gasteiger partial charge in [-0.05, 0) is 63.9 Å². The summed E-state index contributed by atoms with van der Waals surface area (Å²) < 4.78 is 28.6. The molecule has 0 aliphatic heterocycles. The summed E-state index contributed by atoms with van der Waals surface area (Å²) in [4.78, 5) is 2.03. The van der Waals surface area contributed by atoms with Gasteiger partial charge in [0.15, 0.2) is 0 Å². The zero-order valence-electron chi connectivity index (χ0n) is 13.3. The molecular formula is C17H21FNOS2. The second kappa shape index (κ2) is 6.71. The van der Waals surface area contributed by atoms with Gasteiger partial charge >= 0.3 is 0 Å². The van der Waals surface area contributed by atoms with Crippen LogP contribution in [0.15, 0.2) is 30.3 Å². The molecule has 0 saturated heterocycles. The van der Waals surface area contributed by atoms with Crippen LogP contribution in [-0.4, -0.2) is 9.30 Å². The highest BCUT2D eigenvalue weighted by molar-refractivity contribution is 7.90. The van der Waals surface area contributed by atoms with E-state index in [0.29, 0.717) is 5.56 Å². The molecule has 2 aromatic rings. The molecule has 22 heavy (non-hydrogen) atoms. The van der Waals surface area contributed by atoms with Crippen molar-refractivity contribution in [2.75, 3.05) is 0 Å². The third-order valence-corrected chi connectivity index (χ3v) is 6.26. The predicted octanol–water partition coefficient (Wildman–Crippen LogP) is 4.85. The van der Waals surface area contributed by atoms with Crippen molar-refractivity contribution < 1.29 is 8.94 Å². The number of halogens is 1. The van der Waals surface area contributed by atoms with Gasteiger partial charge in [-0.2, -0.15) is 0 Å². The Kier molecular flexibility index (Phi) is 5.33. The minimum absolute atomic E-state index is 0.0272. The van der Waals surface area contributed by atoms with E-state index in [0.717, 1.165) is 15.3 Å². The Hall–Kier alpha value is -0.880. The van der Waals surface area contributed by atoms with Crippen molar-refractivity contribution in [3.63, 3.8) is 0 Å². The van der Waals surface area contributed by atoms with Crippen molar-refractivity contribution in [1.29, 1.82) is 0 Å². The van der Waals surface area contributed by atoms with Crippen LogP contribution in [0, 0.1) is 12.7 Å². The van der Waals surface area contributed by atoms with Crippen LogP contribution >= 0.6 is 11.3 Å². The predicted molar refractivity (Wildman–Crippen MR) is 93.6 cm³/mol. The SMILES string of the molecule is [CH2]c1c(F)cccc1-c1ccc([C@@H](C)N[S+]([O-])C(C)(C)C)s1. The lowest BCUT2D eigenvalue weighted by Crippen LogP contribution is -2.40. The fourth-order valence-corrected chi connectivity index (χ4v) is 3.85. The summed E-state index contributed by atoms with van der Waals surface area (Å²) in [5.41, 5.74) is 1.22. The van der Waals surface area contributed by atoms with Crippen molar-refractivity contribution in [3.05, 3.63) is 53.5 Å². The van der Waals surface area contributed by atoms with Crippen molar-refractivity contribution in [2.45, 2.75) is 38.5 Å². The highest BCUT2D eigenvalue weighted by atomic mass is 32.2. The van der Waals surface area contributed by atoms with Crippen LogP contribution in [0.1, 0.15) is 44.2 Å². The molecule has 0 fully saturated rings. The quantitative estimate of drug-likeness (QED) is 0.809. The zero-order valence-corrected chi connectivity index (χ0v) is 14.9. The van der Waals surface area contributed by atoms with Crippen LogP contribution in [0.5, 0.6) is 0 Å². The molecule has 2 atom stereocenters.